The van der Waals surface area contributed by atoms with E-state index in [1.165, 1.54) is 17.3 Å². The lowest BCUT2D eigenvalue weighted by molar-refractivity contribution is 1.52. The molecule has 0 aromatic heterocycles. The predicted octanol–water partition coefficient (Wildman–Crippen LogP) is 3.01. The summed E-state index contributed by atoms with van der Waals surface area (Å²) >= 11 is 3.82. The van der Waals surface area contributed by atoms with E-state index < -0.39 is 0 Å². The Kier molecular flexibility index (Phi) is 8.85. The van der Waals surface area contributed by atoms with Crippen LogP contribution >= 0.6 is 23.5 Å². The highest BCUT2D eigenvalue weighted by Gasteiger charge is 1.76. The molecule has 0 saturated carbocycles. The van der Waals surface area contributed by atoms with Crippen molar-refractivity contribution in [1.29, 1.82) is 0 Å². The molecule has 0 radical (unpaired) electrons. The van der Waals surface area contributed by atoms with Crippen LogP contribution < -0.4 is 0 Å². The zero-order valence-electron chi connectivity index (χ0n) is 6.09. The summed E-state index contributed by atoms with van der Waals surface area (Å²) in [6.45, 7) is 4.35. The molecule has 0 bridgehead atoms. The second kappa shape index (κ2) is 8.44. The minimum Gasteiger partial charge on any atom is -0.158 e. The summed E-state index contributed by atoms with van der Waals surface area (Å²) in [5.74, 6) is 3.58. The molecule has 0 spiro atoms. The lowest BCUT2D eigenvalue weighted by Gasteiger charge is -1.87. The van der Waals surface area contributed by atoms with Crippen LogP contribution in [0.2, 0.25) is 0 Å². The molecular formula is C7H14S2. The Hall–Kier alpha value is 0.440. The van der Waals surface area contributed by atoms with Crippen molar-refractivity contribution in [3.8, 4) is 0 Å². The molecule has 0 aliphatic rings. The molecule has 0 aliphatic carbocycles. The van der Waals surface area contributed by atoms with Crippen LogP contribution in [0.25, 0.3) is 0 Å². The molecule has 0 nitrogen and oxygen atoms in total. The first-order chi connectivity index (χ1) is 4.41. The molecule has 0 aliphatic heterocycles. The number of hydrogen-bond donors (Lipinski definition) is 0. The molecule has 0 aromatic carbocycles. The third-order valence-electron chi connectivity index (χ3n) is 0.777. The normalized spacial score (nSPS) is 10.9. The minimum atomic E-state index is 1.17. The maximum Gasteiger partial charge on any atom is 0.0121 e. The van der Waals surface area contributed by atoms with Crippen LogP contribution in [-0.4, -0.2) is 17.3 Å². The van der Waals surface area contributed by atoms with Crippen LogP contribution in [0, 0.1) is 0 Å². The van der Waals surface area contributed by atoms with E-state index in [-0.39, 0.29) is 0 Å². The third kappa shape index (κ3) is 8.44. The Morgan fingerprint density at radius 1 is 1.22 bits per heavy atom. The van der Waals surface area contributed by atoms with Crippen LogP contribution in [0.15, 0.2) is 11.5 Å². The van der Waals surface area contributed by atoms with Crippen molar-refractivity contribution < 1.29 is 0 Å². The summed E-state index contributed by atoms with van der Waals surface area (Å²) in [5.41, 5.74) is 0. The third-order valence-corrected chi connectivity index (χ3v) is 2.33. The Morgan fingerprint density at radius 3 is 2.56 bits per heavy atom. The highest BCUT2D eigenvalue weighted by Crippen LogP contribution is 2.03. The molecule has 0 atom stereocenters. The number of hydrogen-bond acceptors (Lipinski definition) is 2. The van der Waals surface area contributed by atoms with Gasteiger partial charge in [-0.2, -0.15) is 11.8 Å². The van der Waals surface area contributed by atoms with E-state index in [2.05, 4.69) is 25.3 Å². The first-order valence-electron chi connectivity index (χ1n) is 3.26. The number of thioether (sulfide) groups is 2. The van der Waals surface area contributed by atoms with E-state index in [0.29, 0.717) is 0 Å². The molecule has 0 saturated heterocycles. The maximum atomic E-state index is 2.22. The Labute approximate surface area is 66.5 Å². The molecular weight excluding hydrogens is 148 g/mol. The van der Waals surface area contributed by atoms with Gasteiger partial charge in [0.2, 0.25) is 0 Å². The van der Waals surface area contributed by atoms with Gasteiger partial charge in [-0.25, -0.2) is 0 Å². The molecule has 0 aromatic rings. The smallest absolute Gasteiger partial charge is 0.0121 e. The highest BCUT2D eigenvalue weighted by atomic mass is 32.2. The first kappa shape index (κ1) is 9.44. The quantitative estimate of drug-likeness (QED) is 0.570. The summed E-state index contributed by atoms with van der Waals surface area (Å²) in [4.78, 5) is 0. The van der Waals surface area contributed by atoms with Crippen molar-refractivity contribution in [2.45, 2.75) is 13.8 Å². The van der Waals surface area contributed by atoms with Gasteiger partial charge in [0.05, 0.1) is 0 Å². The second-order valence-corrected chi connectivity index (χ2v) is 3.99. The predicted molar refractivity (Wildman–Crippen MR) is 50.3 cm³/mol. The molecule has 0 rings (SSSR count). The summed E-state index contributed by atoms with van der Waals surface area (Å²) < 4.78 is 0. The fourth-order valence-electron chi connectivity index (χ4n) is 0.389. The number of rotatable bonds is 5. The zero-order chi connectivity index (χ0) is 6.95. The van der Waals surface area contributed by atoms with Crippen LogP contribution in [0.3, 0.4) is 0 Å². The fourth-order valence-corrected chi connectivity index (χ4v) is 1.40. The minimum absolute atomic E-state index is 1.17. The Bertz CT molecular complexity index is 69.3. The van der Waals surface area contributed by atoms with Crippen molar-refractivity contribution >= 4 is 23.5 Å². The average molecular weight is 162 g/mol. The fraction of sp³-hybridized carbons (Fsp3) is 0.714. The van der Waals surface area contributed by atoms with Gasteiger partial charge in [0.15, 0.2) is 0 Å². The van der Waals surface area contributed by atoms with E-state index in [9.17, 15) is 0 Å². The van der Waals surface area contributed by atoms with Crippen molar-refractivity contribution in [3.63, 3.8) is 0 Å². The standard InChI is InChI=1S/C7H14S2/c1-3-8-6-5-7-9-4-2/h5-6H,3-4,7H2,1-2H3. The zero-order valence-corrected chi connectivity index (χ0v) is 7.73. The molecule has 0 N–H and O–H groups in total. The highest BCUT2D eigenvalue weighted by molar-refractivity contribution is 8.02. The van der Waals surface area contributed by atoms with Crippen molar-refractivity contribution in [1.82, 2.24) is 0 Å². The lowest BCUT2D eigenvalue weighted by Crippen LogP contribution is -1.70. The van der Waals surface area contributed by atoms with Gasteiger partial charge in [0, 0.05) is 5.75 Å². The summed E-state index contributed by atoms with van der Waals surface area (Å²) in [6.07, 6.45) is 2.22. The van der Waals surface area contributed by atoms with Gasteiger partial charge >= 0.3 is 0 Å². The van der Waals surface area contributed by atoms with Crippen molar-refractivity contribution in [3.05, 3.63) is 11.5 Å². The maximum absolute atomic E-state index is 2.22. The van der Waals surface area contributed by atoms with Gasteiger partial charge < -0.3 is 0 Å². The summed E-state index contributed by atoms with van der Waals surface area (Å²) in [7, 11) is 0. The van der Waals surface area contributed by atoms with Crippen LogP contribution in [0.4, 0.5) is 0 Å². The molecule has 0 amide bonds. The molecule has 0 fully saturated rings. The Balaban J connectivity index is 2.86. The van der Waals surface area contributed by atoms with Gasteiger partial charge in [0.1, 0.15) is 0 Å². The van der Waals surface area contributed by atoms with E-state index in [1.807, 2.05) is 23.5 Å². The van der Waals surface area contributed by atoms with Crippen LogP contribution in [0.5, 0.6) is 0 Å². The SMILES string of the molecule is CCSC=CCSCC. The molecule has 54 valence electrons. The van der Waals surface area contributed by atoms with Gasteiger partial charge in [-0.05, 0) is 16.9 Å². The topological polar surface area (TPSA) is 0 Å². The average Bonchev–Trinajstić information content (AvgIpc) is 1.89. The molecule has 0 unspecified atom stereocenters. The largest absolute Gasteiger partial charge is 0.158 e. The monoisotopic (exact) mass is 162 g/mol. The second-order valence-electron chi connectivity index (χ2n) is 1.49. The van der Waals surface area contributed by atoms with E-state index in [0.717, 1.165) is 0 Å². The molecule has 9 heavy (non-hydrogen) atoms. The summed E-state index contributed by atoms with van der Waals surface area (Å²) in [6, 6.07) is 0. The van der Waals surface area contributed by atoms with Crippen molar-refractivity contribution in [2.75, 3.05) is 17.3 Å². The lowest BCUT2D eigenvalue weighted by atomic mass is 10.8. The summed E-state index contributed by atoms with van der Waals surface area (Å²) in [5, 5.41) is 2.18. The van der Waals surface area contributed by atoms with Gasteiger partial charge in [0.25, 0.3) is 0 Å². The van der Waals surface area contributed by atoms with E-state index in [1.54, 1.807) is 0 Å². The molecule has 2 heteroatoms. The van der Waals surface area contributed by atoms with Gasteiger partial charge in [-0.1, -0.05) is 19.9 Å². The Morgan fingerprint density at radius 2 is 2.00 bits per heavy atom. The first-order valence-corrected chi connectivity index (χ1v) is 5.46. The van der Waals surface area contributed by atoms with Crippen LogP contribution in [0.1, 0.15) is 13.8 Å². The van der Waals surface area contributed by atoms with E-state index in [4.69, 9.17) is 0 Å². The van der Waals surface area contributed by atoms with Gasteiger partial charge in [-0.15, -0.1) is 11.8 Å². The van der Waals surface area contributed by atoms with Gasteiger partial charge in [-0.3, -0.25) is 0 Å². The molecule has 0 heterocycles. The van der Waals surface area contributed by atoms with Crippen LogP contribution in [-0.2, 0) is 0 Å². The van der Waals surface area contributed by atoms with E-state index >= 15 is 0 Å². The van der Waals surface area contributed by atoms with Crippen molar-refractivity contribution in [2.24, 2.45) is 0 Å².